The number of benzene rings is 1. The summed E-state index contributed by atoms with van der Waals surface area (Å²) < 4.78 is 31.3. The van der Waals surface area contributed by atoms with E-state index >= 15 is 0 Å². The lowest BCUT2D eigenvalue weighted by atomic mass is 10.0. The quantitative estimate of drug-likeness (QED) is 0.905. The summed E-state index contributed by atoms with van der Waals surface area (Å²) in [6, 6.07) is 4.42. The minimum Gasteiger partial charge on any atom is -0.496 e. The summed E-state index contributed by atoms with van der Waals surface area (Å²) in [5, 5.41) is 3.27. The highest BCUT2D eigenvalue weighted by atomic mass is 35.5. The molecule has 1 aliphatic heterocycles. The maximum absolute atomic E-state index is 13.2. The number of alkyl halides is 1. The number of hydrogen-bond donors (Lipinski definition) is 1. The molecular formula is C14H21ClF2N2O. The monoisotopic (exact) mass is 306 g/mol. The van der Waals surface area contributed by atoms with Crippen LogP contribution < -0.4 is 10.1 Å². The molecule has 0 spiro atoms. The minimum atomic E-state index is -0.394. The van der Waals surface area contributed by atoms with Gasteiger partial charge in [0.2, 0.25) is 0 Å². The Balaban J connectivity index is 0.00000200. The first-order valence-electron chi connectivity index (χ1n) is 6.60. The number of piperazine rings is 1. The second kappa shape index (κ2) is 8.39. The Morgan fingerprint density at radius 3 is 2.65 bits per heavy atom. The van der Waals surface area contributed by atoms with Crippen LogP contribution >= 0.6 is 12.4 Å². The molecule has 0 bridgehead atoms. The molecule has 1 aromatic carbocycles. The van der Waals surface area contributed by atoms with E-state index < -0.39 is 6.67 Å². The molecule has 0 saturated carbocycles. The Morgan fingerprint density at radius 2 is 2.05 bits per heavy atom. The molecule has 20 heavy (non-hydrogen) atoms. The van der Waals surface area contributed by atoms with Crippen molar-refractivity contribution in [2.75, 3.05) is 40.0 Å². The molecule has 0 amide bonds. The van der Waals surface area contributed by atoms with Crippen LogP contribution in [0.25, 0.3) is 0 Å². The summed E-state index contributed by atoms with van der Waals surface area (Å²) in [4.78, 5) is 2.23. The van der Waals surface area contributed by atoms with E-state index in [-0.39, 0.29) is 24.3 Å². The lowest BCUT2D eigenvalue weighted by Crippen LogP contribution is -2.45. The van der Waals surface area contributed by atoms with Crippen LogP contribution in [0.2, 0.25) is 0 Å². The summed E-state index contributed by atoms with van der Waals surface area (Å²) in [5.41, 5.74) is 0.864. The number of hydrogen-bond acceptors (Lipinski definition) is 3. The summed E-state index contributed by atoms with van der Waals surface area (Å²) in [7, 11) is 1.52. The molecule has 1 aromatic rings. The predicted octanol–water partition coefficient (Wildman–Crippen LogP) is 2.56. The van der Waals surface area contributed by atoms with Gasteiger partial charge in [0.15, 0.2) is 0 Å². The number of methoxy groups -OCH3 is 1. The third-order valence-electron chi connectivity index (χ3n) is 3.53. The smallest absolute Gasteiger partial charge is 0.126 e. The predicted molar refractivity (Wildman–Crippen MR) is 78.0 cm³/mol. The third kappa shape index (κ3) is 4.04. The third-order valence-corrected chi connectivity index (χ3v) is 3.53. The Morgan fingerprint density at radius 1 is 1.35 bits per heavy atom. The van der Waals surface area contributed by atoms with Crippen molar-refractivity contribution in [1.82, 2.24) is 10.2 Å². The standard InChI is InChI=1S/C14H20F2N2O.ClH/c1-19-14-10-11(16)2-3-12(14)13(4-5-15)18-8-6-17-7-9-18;/h2-3,10,13,17H,4-9H2,1H3;1H/t13-;/m0./s1. The fourth-order valence-electron chi connectivity index (χ4n) is 2.59. The zero-order valence-electron chi connectivity index (χ0n) is 11.6. The average molecular weight is 307 g/mol. The van der Waals surface area contributed by atoms with E-state index in [1.165, 1.54) is 19.2 Å². The van der Waals surface area contributed by atoms with Crippen molar-refractivity contribution in [3.63, 3.8) is 0 Å². The number of ether oxygens (including phenoxy) is 1. The first kappa shape index (κ1) is 17.1. The Bertz CT molecular complexity index is 414. The number of rotatable bonds is 5. The van der Waals surface area contributed by atoms with Crippen LogP contribution in [0.15, 0.2) is 18.2 Å². The second-order valence-electron chi connectivity index (χ2n) is 4.67. The molecule has 114 valence electrons. The molecule has 0 unspecified atom stereocenters. The van der Waals surface area contributed by atoms with Gasteiger partial charge in [0.1, 0.15) is 11.6 Å². The van der Waals surface area contributed by atoms with Crippen LogP contribution in [0.5, 0.6) is 5.75 Å². The van der Waals surface area contributed by atoms with Gasteiger partial charge in [0, 0.05) is 43.9 Å². The Hall–Kier alpha value is -0.910. The lowest BCUT2D eigenvalue weighted by Gasteiger charge is -2.35. The number of nitrogens with zero attached hydrogens (tertiary/aromatic N) is 1. The van der Waals surface area contributed by atoms with E-state index in [1.807, 2.05) is 0 Å². The van der Waals surface area contributed by atoms with E-state index in [0.717, 1.165) is 31.7 Å². The fourth-order valence-corrected chi connectivity index (χ4v) is 2.59. The molecule has 1 fully saturated rings. The normalized spacial score (nSPS) is 17.4. The molecule has 0 aromatic heterocycles. The molecule has 1 atom stereocenters. The van der Waals surface area contributed by atoms with Crippen molar-refractivity contribution >= 4 is 12.4 Å². The summed E-state index contributed by atoms with van der Waals surface area (Å²) in [6.07, 6.45) is 0.405. The fraction of sp³-hybridized carbons (Fsp3) is 0.571. The van der Waals surface area contributed by atoms with Gasteiger partial charge in [-0.15, -0.1) is 12.4 Å². The maximum atomic E-state index is 13.2. The van der Waals surface area contributed by atoms with Crippen LogP contribution in [0.3, 0.4) is 0 Å². The van der Waals surface area contributed by atoms with Gasteiger partial charge in [-0.1, -0.05) is 6.07 Å². The number of nitrogens with one attached hydrogen (secondary N) is 1. The molecular weight excluding hydrogens is 286 g/mol. The average Bonchev–Trinajstić information content (AvgIpc) is 2.46. The van der Waals surface area contributed by atoms with Gasteiger partial charge in [0.25, 0.3) is 0 Å². The van der Waals surface area contributed by atoms with Gasteiger partial charge in [-0.05, 0) is 12.5 Å². The first-order chi connectivity index (χ1) is 9.26. The van der Waals surface area contributed by atoms with Crippen molar-refractivity contribution in [1.29, 1.82) is 0 Å². The van der Waals surface area contributed by atoms with E-state index in [1.54, 1.807) is 6.07 Å². The second-order valence-corrected chi connectivity index (χ2v) is 4.67. The summed E-state index contributed by atoms with van der Waals surface area (Å²) >= 11 is 0. The molecule has 6 heteroatoms. The molecule has 1 saturated heterocycles. The highest BCUT2D eigenvalue weighted by Crippen LogP contribution is 2.32. The highest BCUT2D eigenvalue weighted by molar-refractivity contribution is 5.85. The van der Waals surface area contributed by atoms with Gasteiger partial charge in [-0.2, -0.15) is 0 Å². The van der Waals surface area contributed by atoms with Gasteiger partial charge >= 0.3 is 0 Å². The Kier molecular flexibility index (Phi) is 7.19. The van der Waals surface area contributed by atoms with Crippen LogP contribution in [0.4, 0.5) is 8.78 Å². The van der Waals surface area contributed by atoms with Crippen molar-refractivity contribution in [3.8, 4) is 5.75 Å². The van der Waals surface area contributed by atoms with E-state index in [9.17, 15) is 8.78 Å². The van der Waals surface area contributed by atoms with Crippen molar-refractivity contribution in [2.24, 2.45) is 0 Å². The van der Waals surface area contributed by atoms with Crippen LogP contribution in [0.1, 0.15) is 18.0 Å². The van der Waals surface area contributed by atoms with Gasteiger partial charge in [-0.3, -0.25) is 9.29 Å². The first-order valence-corrected chi connectivity index (χ1v) is 6.60. The van der Waals surface area contributed by atoms with Gasteiger partial charge < -0.3 is 10.1 Å². The highest BCUT2D eigenvalue weighted by Gasteiger charge is 2.24. The topological polar surface area (TPSA) is 24.5 Å². The Labute approximate surface area is 124 Å². The molecule has 3 nitrogen and oxygen atoms in total. The van der Waals surface area contributed by atoms with Crippen molar-refractivity contribution in [3.05, 3.63) is 29.6 Å². The van der Waals surface area contributed by atoms with Crippen LogP contribution in [-0.2, 0) is 0 Å². The van der Waals surface area contributed by atoms with E-state index in [2.05, 4.69) is 10.2 Å². The maximum Gasteiger partial charge on any atom is 0.126 e. The largest absolute Gasteiger partial charge is 0.496 e. The van der Waals surface area contributed by atoms with Crippen molar-refractivity contribution in [2.45, 2.75) is 12.5 Å². The minimum absolute atomic E-state index is 0. The number of halogens is 3. The molecule has 0 radical (unpaired) electrons. The van der Waals surface area contributed by atoms with Crippen LogP contribution in [0, 0.1) is 5.82 Å². The van der Waals surface area contributed by atoms with E-state index in [0.29, 0.717) is 12.2 Å². The summed E-state index contributed by atoms with van der Waals surface area (Å²) in [5.74, 6) is 0.164. The van der Waals surface area contributed by atoms with Crippen LogP contribution in [-0.4, -0.2) is 44.9 Å². The zero-order chi connectivity index (χ0) is 13.7. The molecule has 1 N–H and O–H groups in total. The zero-order valence-corrected chi connectivity index (χ0v) is 12.4. The molecule has 0 aliphatic carbocycles. The van der Waals surface area contributed by atoms with Crippen molar-refractivity contribution < 1.29 is 13.5 Å². The lowest BCUT2D eigenvalue weighted by molar-refractivity contribution is 0.155. The molecule has 2 rings (SSSR count). The SMILES string of the molecule is COc1cc(F)ccc1[C@H](CCF)N1CCNCC1.Cl. The van der Waals surface area contributed by atoms with Gasteiger partial charge in [0.05, 0.1) is 13.8 Å². The molecule has 1 heterocycles. The summed E-state index contributed by atoms with van der Waals surface area (Å²) in [6.45, 7) is 3.13. The molecule has 1 aliphatic rings. The van der Waals surface area contributed by atoms with Gasteiger partial charge in [-0.25, -0.2) is 4.39 Å². The van der Waals surface area contributed by atoms with E-state index in [4.69, 9.17) is 4.74 Å².